The molecule has 0 amide bonds. The van der Waals surface area contributed by atoms with Crippen molar-refractivity contribution in [3.05, 3.63) is 35.9 Å². The Balaban J connectivity index is 1.94. The van der Waals surface area contributed by atoms with Gasteiger partial charge in [0.15, 0.2) is 0 Å². The number of aliphatic hydroxyl groups excluding tert-OH is 1. The Morgan fingerprint density at radius 1 is 1.06 bits per heavy atom. The molecule has 0 aliphatic heterocycles. The van der Waals surface area contributed by atoms with Crippen LogP contribution in [0.3, 0.4) is 0 Å². The summed E-state index contributed by atoms with van der Waals surface area (Å²) in [5.41, 5.74) is 1.30. The molecule has 0 aromatic heterocycles. The minimum atomic E-state index is 0.292. The zero-order valence-corrected chi connectivity index (χ0v) is 9.94. The monoisotopic (exact) mass is 218 g/mol. The normalized spacial score (nSPS) is 19.6. The van der Waals surface area contributed by atoms with Crippen LogP contribution in [0.4, 0.5) is 0 Å². The zero-order valence-electron chi connectivity index (χ0n) is 9.94. The highest BCUT2D eigenvalue weighted by molar-refractivity contribution is 5.19. The van der Waals surface area contributed by atoms with Crippen LogP contribution in [-0.4, -0.2) is 11.7 Å². The fraction of sp³-hybridized carbons (Fsp3) is 0.600. The second-order valence-electron chi connectivity index (χ2n) is 5.03. The highest BCUT2D eigenvalue weighted by atomic mass is 16.3. The van der Waals surface area contributed by atoms with Gasteiger partial charge < -0.3 is 5.11 Å². The summed E-state index contributed by atoms with van der Waals surface area (Å²) in [5.74, 6) is 1.19. The molecule has 0 heterocycles. The first-order valence-electron chi connectivity index (χ1n) is 6.56. The maximum absolute atomic E-state index is 9.51. The molecule has 0 bridgehead atoms. The van der Waals surface area contributed by atoms with Crippen molar-refractivity contribution in [3.63, 3.8) is 0 Å². The highest BCUT2D eigenvalue weighted by Crippen LogP contribution is 2.32. The lowest BCUT2D eigenvalue weighted by molar-refractivity contribution is 0.226. The Morgan fingerprint density at radius 2 is 1.75 bits per heavy atom. The van der Waals surface area contributed by atoms with E-state index < -0.39 is 0 Å². The topological polar surface area (TPSA) is 20.2 Å². The number of rotatable bonds is 4. The second kappa shape index (κ2) is 6.05. The highest BCUT2D eigenvalue weighted by Gasteiger charge is 2.19. The van der Waals surface area contributed by atoms with Crippen molar-refractivity contribution in [2.24, 2.45) is 5.92 Å². The van der Waals surface area contributed by atoms with Gasteiger partial charge in [0, 0.05) is 12.5 Å². The third kappa shape index (κ3) is 3.08. The lowest BCUT2D eigenvalue weighted by Crippen LogP contribution is -2.13. The van der Waals surface area contributed by atoms with E-state index in [1.165, 1.54) is 44.1 Å². The van der Waals surface area contributed by atoms with Crippen LogP contribution in [0.5, 0.6) is 0 Å². The minimum absolute atomic E-state index is 0.292. The van der Waals surface area contributed by atoms with E-state index in [0.717, 1.165) is 5.92 Å². The van der Waals surface area contributed by atoms with Gasteiger partial charge in [-0.2, -0.15) is 0 Å². The minimum Gasteiger partial charge on any atom is -0.396 e. The van der Waals surface area contributed by atoms with E-state index in [2.05, 4.69) is 24.3 Å². The molecule has 0 spiro atoms. The molecule has 1 aliphatic carbocycles. The van der Waals surface area contributed by atoms with Crippen molar-refractivity contribution < 1.29 is 5.11 Å². The van der Waals surface area contributed by atoms with Crippen molar-refractivity contribution in [2.45, 2.75) is 44.4 Å². The lowest BCUT2D eigenvalue weighted by atomic mass is 9.81. The maximum Gasteiger partial charge on any atom is 0.0499 e. The summed E-state index contributed by atoms with van der Waals surface area (Å²) in [6.07, 6.45) is 8.08. The van der Waals surface area contributed by atoms with Crippen LogP contribution in [0.15, 0.2) is 30.3 Å². The SMILES string of the molecule is OC[C@H](CC1CCCCC1)c1ccccc1. The molecule has 1 saturated carbocycles. The molecule has 1 N–H and O–H groups in total. The summed E-state index contributed by atoms with van der Waals surface area (Å²) in [5, 5.41) is 9.51. The first-order chi connectivity index (χ1) is 7.90. The van der Waals surface area contributed by atoms with E-state index in [1.54, 1.807) is 0 Å². The van der Waals surface area contributed by atoms with Crippen molar-refractivity contribution >= 4 is 0 Å². The largest absolute Gasteiger partial charge is 0.396 e. The maximum atomic E-state index is 9.51. The van der Waals surface area contributed by atoms with Gasteiger partial charge >= 0.3 is 0 Å². The number of hydrogen-bond acceptors (Lipinski definition) is 1. The molecule has 1 fully saturated rings. The molecular formula is C15H22O. The lowest BCUT2D eigenvalue weighted by Gasteiger charge is -2.25. The van der Waals surface area contributed by atoms with E-state index in [0.29, 0.717) is 12.5 Å². The van der Waals surface area contributed by atoms with Crippen LogP contribution < -0.4 is 0 Å². The van der Waals surface area contributed by atoms with Gasteiger partial charge in [0.25, 0.3) is 0 Å². The Morgan fingerprint density at radius 3 is 2.38 bits per heavy atom. The summed E-state index contributed by atoms with van der Waals surface area (Å²) in [6, 6.07) is 10.5. The molecule has 2 rings (SSSR count). The Kier molecular flexibility index (Phi) is 4.41. The van der Waals surface area contributed by atoms with Crippen LogP contribution in [-0.2, 0) is 0 Å². The van der Waals surface area contributed by atoms with Crippen LogP contribution in [0.1, 0.15) is 50.0 Å². The molecule has 0 unspecified atom stereocenters. The van der Waals surface area contributed by atoms with Crippen LogP contribution in [0, 0.1) is 5.92 Å². The van der Waals surface area contributed by atoms with E-state index in [9.17, 15) is 5.11 Å². The Hall–Kier alpha value is -0.820. The summed E-state index contributed by atoms with van der Waals surface area (Å²) in [6.45, 7) is 0.292. The molecule has 88 valence electrons. The third-order valence-corrected chi connectivity index (χ3v) is 3.83. The van der Waals surface area contributed by atoms with E-state index >= 15 is 0 Å². The second-order valence-corrected chi connectivity index (χ2v) is 5.03. The van der Waals surface area contributed by atoms with Crippen molar-refractivity contribution in [3.8, 4) is 0 Å². The summed E-state index contributed by atoms with van der Waals surface area (Å²) < 4.78 is 0. The van der Waals surface area contributed by atoms with Gasteiger partial charge in [-0.3, -0.25) is 0 Å². The van der Waals surface area contributed by atoms with Gasteiger partial charge in [0.2, 0.25) is 0 Å². The molecule has 1 heteroatoms. The Bertz CT molecular complexity index is 288. The fourth-order valence-corrected chi connectivity index (χ4v) is 2.87. The van der Waals surface area contributed by atoms with Gasteiger partial charge in [-0.1, -0.05) is 62.4 Å². The predicted molar refractivity (Wildman–Crippen MR) is 67.5 cm³/mol. The van der Waals surface area contributed by atoms with E-state index in [-0.39, 0.29) is 0 Å². The number of benzene rings is 1. The molecular weight excluding hydrogens is 196 g/mol. The molecule has 1 nitrogen and oxygen atoms in total. The molecule has 1 aromatic rings. The van der Waals surface area contributed by atoms with Crippen LogP contribution >= 0.6 is 0 Å². The standard InChI is InChI=1S/C15H22O/c16-12-15(14-9-5-2-6-10-14)11-13-7-3-1-4-8-13/h2,5-6,9-10,13,15-16H,1,3-4,7-8,11-12H2/t15-/m0/s1. The predicted octanol–water partition coefficient (Wildman–Crippen LogP) is 3.73. The van der Waals surface area contributed by atoms with Crippen LogP contribution in [0.2, 0.25) is 0 Å². The van der Waals surface area contributed by atoms with Gasteiger partial charge in [-0.15, -0.1) is 0 Å². The van der Waals surface area contributed by atoms with E-state index in [1.807, 2.05) is 6.07 Å². The van der Waals surface area contributed by atoms with Gasteiger partial charge in [-0.25, -0.2) is 0 Å². The quantitative estimate of drug-likeness (QED) is 0.816. The molecule has 0 saturated heterocycles. The van der Waals surface area contributed by atoms with E-state index in [4.69, 9.17) is 0 Å². The zero-order chi connectivity index (χ0) is 11.2. The molecule has 1 aromatic carbocycles. The number of aliphatic hydroxyl groups is 1. The van der Waals surface area contributed by atoms with Gasteiger partial charge in [0.1, 0.15) is 0 Å². The van der Waals surface area contributed by atoms with Crippen molar-refractivity contribution in [1.82, 2.24) is 0 Å². The van der Waals surface area contributed by atoms with Gasteiger partial charge in [0.05, 0.1) is 0 Å². The third-order valence-electron chi connectivity index (χ3n) is 3.83. The smallest absolute Gasteiger partial charge is 0.0499 e. The molecule has 0 radical (unpaired) electrons. The average molecular weight is 218 g/mol. The average Bonchev–Trinajstić information content (AvgIpc) is 2.38. The summed E-state index contributed by atoms with van der Waals surface area (Å²) >= 11 is 0. The summed E-state index contributed by atoms with van der Waals surface area (Å²) in [7, 11) is 0. The van der Waals surface area contributed by atoms with Crippen LogP contribution in [0.25, 0.3) is 0 Å². The molecule has 16 heavy (non-hydrogen) atoms. The van der Waals surface area contributed by atoms with Gasteiger partial charge in [-0.05, 0) is 17.9 Å². The Labute approximate surface area is 98.5 Å². The number of hydrogen-bond donors (Lipinski definition) is 1. The first kappa shape index (κ1) is 11.7. The first-order valence-corrected chi connectivity index (χ1v) is 6.56. The summed E-state index contributed by atoms with van der Waals surface area (Å²) in [4.78, 5) is 0. The molecule has 1 atom stereocenters. The van der Waals surface area contributed by atoms with Crippen molar-refractivity contribution in [2.75, 3.05) is 6.61 Å². The fourth-order valence-electron chi connectivity index (χ4n) is 2.87. The van der Waals surface area contributed by atoms with Crippen molar-refractivity contribution in [1.29, 1.82) is 0 Å². The molecule has 1 aliphatic rings.